The van der Waals surface area contributed by atoms with Crippen molar-refractivity contribution in [1.82, 2.24) is 4.57 Å². The summed E-state index contributed by atoms with van der Waals surface area (Å²) in [5.74, 6) is -0.869. The van der Waals surface area contributed by atoms with Gasteiger partial charge in [0.25, 0.3) is 5.91 Å². The van der Waals surface area contributed by atoms with Crippen molar-refractivity contribution in [3.63, 3.8) is 0 Å². The van der Waals surface area contributed by atoms with Crippen LogP contribution in [0.15, 0.2) is 29.3 Å². The number of esters is 1. The van der Waals surface area contributed by atoms with Gasteiger partial charge in [-0.05, 0) is 31.2 Å². The lowest BCUT2D eigenvalue weighted by Crippen LogP contribution is -2.19. The molecule has 0 saturated carbocycles. The summed E-state index contributed by atoms with van der Waals surface area (Å²) in [4.78, 5) is 29.3. The van der Waals surface area contributed by atoms with E-state index in [0.29, 0.717) is 38.8 Å². The number of thiazole rings is 1. The van der Waals surface area contributed by atoms with E-state index in [9.17, 15) is 9.59 Å². The molecule has 0 aliphatic carbocycles. The van der Waals surface area contributed by atoms with Crippen molar-refractivity contribution < 1.29 is 19.1 Å². The number of halogens is 2. The Morgan fingerprint density at radius 3 is 2.64 bits per heavy atom. The lowest BCUT2D eigenvalue weighted by molar-refractivity contribution is 0.0526. The maximum atomic E-state index is 12.6. The van der Waals surface area contributed by atoms with Gasteiger partial charge in [-0.15, -0.1) is 11.3 Å². The van der Waals surface area contributed by atoms with Crippen LogP contribution in [0.1, 0.15) is 27.6 Å². The van der Waals surface area contributed by atoms with Crippen LogP contribution in [0.4, 0.5) is 0 Å². The number of aromatic nitrogens is 1. The molecule has 0 radical (unpaired) electrons. The van der Waals surface area contributed by atoms with Crippen LogP contribution in [0.5, 0.6) is 0 Å². The molecule has 28 heavy (non-hydrogen) atoms. The minimum Gasteiger partial charge on any atom is -0.462 e. The molecule has 0 bridgehead atoms. The van der Waals surface area contributed by atoms with Gasteiger partial charge in [-0.25, -0.2) is 4.79 Å². The van der Waals surface area contributed by atoms with Crippen molar-refractivity contribution in [1.29, 1.82) is 0 Å². The second kappa shape index (κ2) is 9.19. The van der Waals surface area contributed by atoms with Crippen LogP contribution >= 0.6 is 45.9 Å². The van der Waals surface area contributed by atoms with Crippen molar-refractivity contribution >= 4 is 68.0 Å². The van der Waals surface area contributed by atoms with Crippen molar-refractivity contribution in [2.75, 3.05) is 20.3 Å². The molecule has 0 fully saturated rings. The SMILES string of the molecule is CCOC(=O)c1ccc2c(c1)sc(=NC(=O)c1cc(Cl)sc1Cl)n2CCOC. The van der Waals surface area contributed by atoms with Crippen molar-refractivity contribution in [2.24, 2.45) is 4.99 Å². The lowest BCUT2D eigenvalue weighted by Gasteiger charge is -2.05. The summed E-state index contributed by atoms with van der Waals surface area (Å²) in [6, 6.07) is 6.74. The van der Waals surface area contributed by atoms with Gasteiger partial charge in [-0.2, -0.15) is 4.99 Å². The number of ether oxygens (including phenoxy) is 2. The predicted octanol–water partition coefficient (Wildman–Crippen LogP) is 4.64. The van der Waals surface area contributed by atoms with Crippen molar-refractivity contribution in [2.45, 2.75) is 13.5 Å². The molecule has 1 amide bonds. The molecule has 0 unspecified atom stereocenters. The van der Waals surface area contributed by atoms with Crippen LogP contribution in [0.25, 0.3) is 10.2 Å². The Morgan fingerprint density at radius 2 is 2.00 bits per heavy atom. The molecule has 6 nitrogen and oxygen atoms in total. The Labute approximate surface area is 178 Å². The second-order valence-electron chi connectivity index (χ2n) is 5.59. The van der Waals surface area contributed by atoms with E-state index in [1.54, 1.807) is 26.2 Å². The maximum absolute atomic E-state index is 12.6. The van der Waals surface area contributed by atoms with Gasteiger partial charge in [-0.3, -0.25) is 4.79 Å². The molecule has 0 N–H and O–H groups in total. The number of benzene rings is 1. The number of fused-ring (bicyclic) bond motifs is 1. The van der Waals surface area contributed by atoms with E-state index in [1.807, 2.05) is 10.6 Å². The van der Waals surface area contributed by atoms with Crippen molar-refractivity contribution in [3.05, 3.63) is 48.9 Å². The van der Waals surface area contributed by atoms with Gasteiger partial charge in [0.2, 0.25) is 0 Å². The fourth-order valence-corrected chi connectivity index (χ4v) is 5.07. The fourth-order valence-electron chi connectivity index (χ4n) is 2.53. The molecule has 1 aromatic carbocycles. The van der Waals surface area contributed by atoms with Gasteiger partial charge < -0.3 is 14.0 Å². The number of rotatable bonds is 6. The third-order valence-electron chi connectivity index (χ3n) is 3.80. The van der Waals surface area contributed by atoms with Crippen LogP contribution in [-0.4, -0.2) is 36.8 Å². The van der Waals surface area contributed by atoms with E-state index in [0.717, 1.165) is 21.6 Å². The first-order valence-electron chi connectivity index (χ1n) is 8.28. The highest BCUT2D eigenvalue weighted by atomic mass is 35.5. The maximum Gasteiger partial charge on any atom is 0.338 e. The first kappa shape index (κ1) is 21.0. The van der Waals surface area contributed by atoms with Gasteiger partial charge in [0.05, 0.1) is 38.9 Å². The molecule has 2 heterocycles. The van der Waals surface area contributed by atoms with Crippen LogP contribution in [0.3, 0.4) is 0 Å². The highest BCUT2D eigenvalue weighted by Crippen LogP contribution is 2.31. The minimum atomic E-state index is -0.475. The number of hydrogen-bond donors (Lipinski definition) is 0. The summed E-state index contributed by atoms with van der Waals surface area (Å²) in [7, 11) is 1.60. The van der Waals surface area contributed by atoms with Crippen LogP contribution in [0, 0.1) is 0 Å². The van der Waals surface area contributed by atoms with Gasteiger partial charge >= 0.3 is 5.97 Å². The van der Waals surface area contributed by atoms with Gasteiger partial charge in [0.1, 0.15) is 4.34 Å². The van der Waals surface area contributed by atoms with E-state index in [4.69, 9.17) is 32.7 Å². The molecule has 0 aliphatic heterocycles. The van der Waals surface area contributed by atoms with Gasteiger partial charge in [0, 0.05) is 13.7 Å². The largest absolute Gasteiger partial charge is 0.462 e. The Kier molecular flexibility index (Phi) is 6.90. The van der Waals surface area contributed by atoms with Gasteiger partial charge in [-0.1, -0.05) is 34.5 Å². The number of carbonyl (C=O) groups excluding carboxylic acids is 2. The highest BCUT2D eigenvalue weighted by molar-refractivity contribution is 7.20. The third-order valence-corrected chi connectivity index (χ3v) is 6.33. The fraction of sp³-hybridized carbons (Fsp3) is 0.278. The molecule has 3 aromatic rings. The standard InChI is InChI=1S/C18H16Cl2N2O4S2/c1-3-26-17(24)10-4-5-12-13(8-10)27-18(22(12)6-7-25-2)21-16(23)11-9-14(19)28-15(11)20/h4-5,8-9H,3,6-7H2,1-2H3. The first-order chi connectivity index (χ1) is 13.4. The highest BCUT2D eigenvalue weighted by Gasteiger charge is 2.16. The summed E-state index contributed by atoms with van der Waals surface area (Å²) < 4.78 is 13.6. The average Bonchev–Trinajstić information content (AvgIpc) is 3.18. The summed E-state index contributed by atoms with van der Waals surface area (Å²) in [5.41, 5.74) is 1.55. The molecule has 0 atom stereocenters. The Bertz CT molecular complexity index is 1100. The lowest BCUT2D eigenvalue weighted by atomic mass is 10.2. The monoisotopic (exact) mass is 458 g/mol. The zero-order chi connectivity index (χ0) is 20.3. The van der Waals surface area contributed by atoms with Crippen LogP contribution in [0.2, 0.25) is 8.67 Å². The molecule has 148 valence electrons. The molecule has 10 heteroatoms. The molecule has 0 spiro atoms. The normalized spacial score (nSPS) is 11.9. The molecular weight excluding hydrogens is 443 g/mol. The van der Waals surface area contributed by atoms with E-state index < -0.39 is 11.9 Å². The summed E-state index contributed by atoms with van der Waals surface area (Å²) in [5, 5.41) is 0. The quantitative estimate of drug-likeness (QED) is 0.504. The number of amides is 1. The Hall–Kier alpha value is -1.71. The van der Waals surface area contributed by atoms with Gasteiger partial charge in [0.15, 0.2) is 4.80 Å². The zero-order valence-corrected chi connectivity index (χ0v) is 18.2. The summed E-state index contributed by atoms with van der Waals surface area (Å²) in [6.45, 7) is 3.00. The molecule has 2 aromatic heterocycles. The first-order valence-corrected chi connectivity index (χ1v) is 10.7. The number of thiophene rings is 1. The van der Waals surface area contributed by atoms with Crippen LogP contribution in [-0.2, 0) is 16.0 Å². The topological polar surface area (TPSA) is 69.9 Å². The Morgan fingerprint density at radius 1 is 1.21 bits per heavy atom. The second-order valence-corrected chi connectivity index (χ2v) is 8.88. The Balaban J connectivity index is 2.10. The number of hydrogen-bond acceptors (Lipinski definition) is 6. The summed E-state index contributed by atoms with van der Waals surface area (Å²) >= 11 is 14.4. The van der Waals surface area contributed by atoms with E-state index in [1.165, 1.54) is 17.4 Å². The molecular formula is C18H16Cl2N2O4S2. The number of methoxy groups -OCH3 is 1. The number of carbonyl (C=O) groups is 2. The summed E-state index contributed by atoms with van der Waals surface area (Å²) in [6.07, 6.45) is 0. The molecule has 0 aliphatic rings. The van der Waals surface area contributed by atoms with E-state index in [2.05, 4.69) is 4.99 Å². The smallest absolute Gasteiger partial charge is 0.338 e. The molecule has 0 saturated heterocycles. The molecule has 3 rings (SSSR count). The van der Waals surface area contributed by atoms with Crippen molar-refractivity contribution in [3.8, 4) is 0 Å². The van der Waals surface area contributed by atoms with E-state index in [-0.39, 0.29) is 5.56 Å². The third kappa shape index (κ3) is 4.47. The van der Waals surface area contributed by atoms with Crippen LogP contribution < -0.4 is 4.80 Å². The predicted molar refractivity (Wildman–Crippen MR) is 112 cm³/mol. The average molecular weight is 459 g/mol. The minimum absolute atomic E-state index is 0.264. The van der Waals surface area contributed by atoms with E-state index >= 15 is 0 Å². The number of nitrogens with zero attached hydrogens (tertiary/aromatic N) is 2. The zero-order valence-electron chi connectivity index (χ0n) is 15.0.